The van der Waals surface area contributed by atoms with E-state index in [2.05, 4.69) is 21.9 Å². The third-order valence-corrected chi connectivity index (χ3v) is 3.72. The molecular weight excluding hydrogens is 318 g/mol. The lowest BCUT2D eigenvalue weighted by Crippen LogP contribution is -1.99. The van der Waals surface area contributed by atoms with Gasteiger partial charge in [-0.2, -0.15) is 0 Å². The maximum absolute atomic E-state index is 10.6. The largest absolute Gasteiger partial charge is 0.316 e. The lowest BCUT2D eigenvalue weighted by Gasteiger charge is -2.00. The summed E-state index contributed by atoms with van der Waals surface area (Å²) in [5.41, 5.74) is 4.55. The van der Waals surface area contributed by atoms with Gasteiger partial charge in [0, 0.05) is 24.0 Å². The molecule has 0 aromatic carbocycles. The zero-order valence-corrected chi connectivity index (χ0v) is 15.1. The van der Waals surface area contributed by atoms with Crippen molar-refractivity contribution in [2.24, 2.45) is 0 Å². The summed E-state index contributed by atoms with van der Waals surface area (Å²) in [6.45, 7) is 8.82. The highest BCUT2D eigenvalue weighted by atomic mass is 16.6. The van der Waals surface area contributed by atoms with E-state index in [9.17, 15) is 10.1 Å². The fourth-order valence-corrected chi connectivity index (χ4v) is 2.46. The van der Waals surface area contributed by atoms with Crippen molar-refractivity contribution in [3.05, 3.63) is 57.8 Å². The summed E-state index contributed by atoms with van der Waals surface area (Å²) in [6.07, 6.45) is 3.37. The predicted octanol–water partition coefficient (Wildman–Crippen LogP) is 4.01. The van der Waals surface area contributed by atoms with E-state index in [0.29, 0.717) is 12.1 Å². The summed E-state index contributed by atoms with van der Waals surface area (Å²) in [7, 11) is 0. The first-order valence-corrected chi connectivity index (χ1v) is 8.35. The summed E-state index contributed by atoms with van der Waals surface area (Å²) in [5.74, 6) is 0. The van der Waals surface area contributed by atoms with Gasteiger partial charge in [0.1, 0.15) is 11.2 Å². The van der Waals surface area contributed by atoms with Crippen molar-refractivity contribution in [3.63, 3.8) is 0 Å². The molecule has 0 spiro atoms. The Morgan fingerprint density at radius 1 is 1.08 bits per heavy atom. The van der Waals surface area contributed by atoms with E-state index in [1.807, 2.05) is 43.8 Å². The number of aromatic nitrogens is 4. The second kappa shape index (κ2) is 8.32. The van der Waals surface area contributed by atoms with Gasteiger partial charge in [0.15, 0.2) is 5.65 Å². The SMILES string of the molecule is CCCc1nc(C)ccc1[N+](=O)[O-].CCn1cnc2ccc(C)nc21. The van der Waals surface area contributed by atoms with Crippen LogP contribution in [-0.2, 0) is 13.0 Å². The van der Waals surface area contributed by atoms with Gasteiger partial charge in [-0.3, -0.25) is 15.1 Å². The number of rotatable bonds is 4. The number of nitrogens with zero attached hydrogens (tertiary/aromatic N) is 5. The fraction of sp³-hybridized carbons (Fsp3) is 0.389. The van der Waals surface area contributed by atoms with Gasteiger partial charge in [0.2, 0.25) is 0 Å². The van der Waals surface area contributed by atoms with Crippen molar-refractivity contribution < 1.29 is 4.92 Å². The summed E-state index contributed by atoms with van der Waals surface area (Å²) < 4.78 is 2.04. The van der Waals surface area contributed by atoms with Crippen molar-refractivity contribution in [2.75, 3.05) is 0 Å². The van der Waals surface area contributed by atoms with Gasteiger partial charge in [-0.15, -0.1) is 0 Å². The van der Waals surface area contributed by atoms with Gasteiger partial charge in [0.25, 0.3) is 5.69 Å². The Bertz CT molecular complexity index is 873. The van der Waals surface area contributed by atoms with E-state index >= 15 is 0 Å². The molecule has 0 N–H and O–H groups in total. The molecule has 7 nitrogen and oxygen atoms in total. The number of pyridine rings is 2. The van der Waals surface area contributed by atoms with Gasteiger partial charge in [0.05, 0.1) is 11.3 Å². The first kappa shape index (κ1) is 18.5. The Kier molecular flexibility index (Phi) is 6.16. The van der Waals surface area contributed by atoms with E-state index in [1.165, 1.54) is 6.07 Å². The number of nitro groups is 1. The first-order chi connectivity index (χ1) is 12.0. The minimum Gasteiger partial charge on any atom is -0.316 e. The monoisotopic (exact) mass is 341 g/mol. The zero-order chi connectivity index (χ0) is 18.4. The Balaban J connectivity index is 0.000000181. The average Bonchev–Trinajstić information content (AvgIpc) is 2.97. The molecule has 0 unspecified atom stereocenters. The number of fused-ring (bicyclic) bond motifs is 1. The van der Waals surface area contributed by atoms with E-state index < -0.39 is 0 Å². The molecule has 0 fully saturated rings. The maximum Gasteiger partial charge on any atom is 0.290 e. The normalized spacial score (nSPS) is 10.4. The highest BCUT2D eigenvalue weighted by Crippen LogP contribution is 2.17. The van der Waals surface area contributed by atoms with Crippen LogP contribution < -0.4 is 0 Å². The Morgan fingerprint density at radius 2 is 1.76 bits per heavy atom. The molecule has 0 aliphatic rings. The van der Waals surface area contributed by atoms with E-state index in [4.69, 9.17) is 0 Å². The second-order valence-corrected chi connectivity index (χ2v) is 5.75. The van der Waals surface area contributed by atoms with Gasteiger partial charge in [-0.05, 0) is 45.4 Å². The standard InChI is InChI=1S/C9H11N3.C9H12N2O2/c1-3-12-6-10-8-5-4-7(2)11-9(8)12;1-3-4-8-9(11(12)13)6-5-7(2)10-8/h4-6H,3H2,1-2H3;5-6H,3-4H2,1-2H3. The fourth-order valence-electron chi connectivity index (χ4n) is 2.46. The van der Waals surface area contributed by atoms with E-state index in [-0.39, 0.29) is 10.6 Å². The molecule has 3 rings (SSSR count). The van der Waals surface area contributed by atoms with Crippen molar-refractivity contribution in [3.8, 4) is 0 Å². The average molecular weight is 341 g/mol. The number of hydrogen-bond acceptors (Lipinski definition) is 5. The minimum atomic E-state index is -0.378. The number of aryl methyl sites for hydroxylation is 4. The van der Waals surface area contributed by atoms with Crippen molar-refractivity contribution in [1.82, 2.24) is 19.5 Å². The molecule has 3 heterocycles. The molecule has 0 amide bonds. The van der Waals surface area contributed by atoms with Crippen LogP contribution in [0.15, 0.2) is 30.6 Å². The molecule has 3 aromatic heterocycles. The summed E-state index contributed by atoms with van der Waals surface area (Å²) >= 11 is 0. The molecule has 0 aliphatic carbocycles. The number of hydrogen-bond donors (Lipinski definition) is 0. The first-order valence-electron chi connectivity index (χ1n) is 8.35. The summed E-state index contributed by atoms with van der Waals surface area (Å²) in [5, 5.41) is 10.6. The third-order valence-electron chi connectivity index (χ3n) is 3.72. The van der Waals surface area contributed by atoms with Gasteiger partial charge < -0.3 is 4.57 Å². The van der Waals surface area contributed by atoms with E-state index in [0.717, 1.165) is 35.5 Å². The Labute approximate surface area is 146 Å². The molecule has 3 aromatic rings. The highest BCUT2D eigenvalue weighted by molar-refractivity contribution is 5.70. The molecule has 0 radical (unpaired) electrons. The van der Waals surface area contributed by atoms with Crippen LogP contribution in [0, 0.1) is 24.0 Å². The van der Waals surface area contributed by atoms with Crippen LogP contribution in [0.5, 0.6) is 0 Å². The Hall–Kier alpha value is -2.83. The van der Waals surface area contributed by atoms with Crippen LogP contribution >= 0.6 is 0 Å². The number of imidazole rings is 1. The minimum absolute atomic E-state index is 0.132. The van der Waals surface area contributed by atoms with E-state index in [1.54, 1.807) is 6.07 Å². The molecule has 0 atom stereocenters. The van der Waals surface area contributed by atoms with Crippen LogP contribution in [0.2, 0.25) is 0 Å². The molecule has 0 saturated heterocycles. The smallest absolute Gasteiger partial charge is 0.290 e. The topological polar surface area (TPSA) is 86.7 Å². The lowest BCUT2D eigenvalue weighted by molar-refractivity contribution is -0.385. The molecule has 0 aliphatic heterocycles. The Morgan fingerprint density at radius 3 is 2.40 bits per heavy atom. The molecule has 7 heteroatoms. The summed E-state index contributed by atoms with van der Waals surface area (Å²) in [6, 6.07) is 7.17. The lowest BCUT2D eigenvalue weighted by atomic mass is 10.2. The van der Waals surface area contributed by atoms with Crippen LogP contribution in [0.1, 0.15) is 37.4 Å². The molecule has 0 saturated carbocycles. The maximum atomic E-state index is 10.6. The van der Waals surface area contributed by atoms with Crippen LogP contribution in [0.3, 0.4) is 0 Å². The van der Waals surface area contributed by atoms with Crippen LogP contribution in [0.25, 0.3) is 11.2 Å². The molecule has 0 bridgehead atoms. The second-order valence-electron chi connectivity index (χ2n) is 5.75. The van der Waals surface area contributed by atoms with Gasteiger partial charge in [-0.25, -0.2) is 9.97 Å². The van der Waals surface area contributed by atoms with Gasteiger partial charge >= 0.3 is 0 Å². The quantitative estimate of drug-likeness (QED) is 0.528. The van der Waals surface area contributed by atoms with Crippen LogP contribution in [0.4, 0.5) is 5.69 Å². The summed E-state index contributed by atoms with van der Waals surface area (Å²) in [4.78, 5) is 23.0. The third kappa shape index (κ3) is 4.59. The van der Waals surface area contributed by atoms with Crippen molar-refractivity contribution in [2.45, 2.75) is 47.1 Å². The van der Waals surface area contributed by atoms with Crippen molar-refractivity contribution >= 4 is 16.9 Å². The van der Waals surface area contributed by atoms with Crippen LogP contribution in [-0.4, -0.2) is 24.4 Å². The highest BCUT2D eigenvalue weighted by Gasteiger charge is 2.13. The van der Waals surface area contributed by atoms with Gasteiger partial charge in [-0.1, -0.05) is 13.3 Å². The molecular formula is C18H23N5O2. The van der Waals surface area contributed by atoms with Crippen molar-refractivity contribution in [1.29, 1.82) is 0 Å². The zero-order valence-electron chi connectivity index (χ0n) is 15.1. The predicted molar refractivity (Wildman–Crippen MR) is 97.6 cm³/mol. The molecule has 132 valence electrons. The molecule has 25 heavy (non-hydrogen) atoms.